The second-order valence-corrected chi connectivity index (χ2v) is 5.17. The van der Waals surface area contributed by atoms with Gasteiger partial charge >= 0.3 is 19.5 Å². The minimum Gasteiger partial charge on any atom is -0.397 e. The molecule has 2 rings (SSSR count). The predicted octanol–water partition coefficient (Wildman–Crippen LogP) is 4.14. The summed E-state index contributed by atoms with van der Waals surface area (Å²) in [6.45, 7) is 10.6. The van der Waals surface area contributed by atoms with Crippen molar-refractivity contribution in [2.45, 2.75) is 41.0 Å². The zero-order chi connectivity index (χ0) is 12.2. The Balaban J connectivity index is 0.000000292. The summed E-state index contributed by atoms with van der Waals surface area (Å²) in [6, 6.07) is 4.02. The number of hydrogen-bond donors (Lipinski definition) is 0. The molecular formula is C15H21NRu. The van der Waals surface area contributed by atoms with Gasteiger partial charge in [-0.2, -0.15) is 18.2 Å². The van der Waals surface area contributed by atoms with Gasteiger partial charge < -0.3 is 4.98 Å². The Bertz CT molecular complexity index is 375. The molecule has 2 heteroatoms. The molecule has 0 N–H and O–H groups in total. The van der Waals surface area contributed by atoms with Gasteiger partial charge in [0.05, 0.1) is 0 Å². The zero-order valence-electron chi connectivity index (χ0n) is 11.3. The quantitative estimate of drug-likeness (QED) is 0.518. The minimum absolute atomic E-state index is 0. The first-order valence-electron chi connectivity index (χ1n) is 5.74. The maximum Gasteiger partial charge on any atom is 2.00 e. The van der Waals surface area contributed by atoms with Gasteiger partial charge in [0, 0.05) is 0 Å². The van der Waals surface area contributed by atoms with Gasteiger partial charge in [-0.3, -0.25) is 6.08 Å². The molecule has 94 valence electrons. The summed E-state index contributed by atoms with van der Waals surface area (Å²) in [5.74, 6) is 0. The Morgan fingerprint density at radius 2 is 2.00 bits per heavy atom. The Kier molecular flexibility index (Phi) is 6.71. The Morgan fingerprint density at radius 3 is 2.18 bits per heavy atom. The van der Waals surface area contributed by atoms with E-state index in [4.69, 9.17) is 0 Å². The maximum atomic E-state index is 4.11. The molecule has 0 saturated heterocycles. The van der Waals surface area contributed by atoms with E-state index in [2.05, 4.69) is 44.0 Å². The van der Waals surface area contributed by atoms with Gasteiger partial charge in [0.25, 0.3) is 0 Å². The van der Waals surface area contributed by atoms with Crippen LogP contribution >= 0.6 is 0 Å². The van der Waals surface area contributed by atoms with Crippen molar-refractivity contribution in [3.8, 4) is 0 Å². The molecule has 0 bridgehead atoms. The molecule has 0 saturated carbocycles. The Hall–Kier alpha value is -0.617. The van der Waals surface area contributed by atoms with E-state index < -0.39 is 0 Å². The topological polar surface area (TPSA) is 12.9 Å². The van der Waals surface area contributed by atoms with Crippen LogP contribution in [0.4, 0.5) is 0 Å². The van der Waals surface area contributed by atoms with Crippen molar-refractivity contribution in [1.82, 2.24) is 4.98 Å². The van der Waals surface area contributed by atoms with Gasteiger partial charge in [0.1, 0.15) is 0 Å². The number of hydrogen-bond acceptors (Lipinski definition) is 1. The van der Waals surface area contributed by atoms with Crippen LogP contribution in [0, 0.1) is 25.3 Å². The first kappa shape index (κ1) is 16.4. The normalized spacial score (nSPS) is 13.6. The second-order valence-electron chi connectivity index (χ2n) is 5.17. The van der Waals surface area contributed by atoms with E-state index in [1.165, 1.54) is 5.57 Å². The molecular weight excluding hydrogens is 295 g/mol. The summed E-state index contributed by atoms with van der Waals surface area (Å²) in [5, 5.41) is 0. The van der Waals surface area contributed by atoms with Crippen molar-refractivity contribution in [1.29, 1.82) is 0 Å². The molecule has 1 nitrogen and oxygen atoms in total. The molecule has 0 atom stereocenters. The third-order valence-electron chi connectivity index (χ3n) is 2.42. The number of nitrogens with zero attached hydrogens (tertiary/aromatic N) is 1. The Labute approximate surface area is 118 Å². The zero-order valence-corrected chi connectivity index (χ0v) is 13.1. The molecule has 0 aliphatic heterocycles. The van der Waals surface area contributed by atoms with E-state index in [-0.39, 0.29) is 19.5 Å². The molecule has 17 heavy (non-hydrogen) atoms. The van der Waals surface area contributed by atoms with Crippen LogP contribution in [0.1, 0.15) is 38.6 Å². The molecule has 1 aliphatic rings. The summed E-state index contributed by atoms with van der Waals surface area (Å²) in [5.41, 5.74) is 3.87. The first-order chi connectivity index (χ1) is 7.39. The number of aromatic nitrogens is 1. The van der Waals surface area contributed by atoms with Crippen molar-refractivity contribution in [3.63, 3.8) is 0 Å². The van der Waals surface area contributed by atoms with Crippen molar-refractivity contribution >= 4 is 0 Å². The largest absolute Gasteiger partial charge is 2.00 e. The molecule has 1 aromatic heterocycles. The van der Waals surface area contributed by atoms with Crippen LogP contribution in [-0.2, 0) is 19.5 Å². The summed E-state index contributed by atoms with van der Waals surface area (Å²) >= 11 is 0. The standard InChI is InChI=1S/C9H13.C6H8N.Ru/c1-9(2,3)8-6-4-5-7-8;1-5-3-4-6(2)7-5;/h4,6H,5H2,1-3H3;3-4H,1-2H3;/q2*-1;+2. The summed E-state index contributed by atoms with van der Waals surface area (Å²) in [7, 11) is 0. The van der Waals surface area contributed by atoms with E-state index in [0.29, 0.717) is 5.41 Å². The number of aryl methyl sites for hydroxylation is 2. The van der Waals surface area contributed by atoms with Crippen molar-refractivity contribution < 1.29 is 19.5 Å². The molecule has 0 fully saturated rings. The maximum absolute atomic E-state index is 4.11. The van der Waals surface area contributed by atoms with Crippen molar-refractivity contribution in [2.24, 2.45) is 5.41 Å². The molecule has 0 amide bonds. The fourth-order valence-electron chi connectivity index (χ4n) is 1.51. The monoisotopic (exact) mass is 317 g/mol. The molecule has 1 heterocycles. The van der Waals surface area contributed by atoms with Crippen LogP contribution in [0.3, 0.4) is 0 Å². The second kappa shape index (κ2) is 6.96. The molecule has 1 aromatic rings. The molecule has 0 radical (unpaired) electrons. The van der Waals surface area contributed by atoms with Gasteiger partial charge in [0.15, 0.2) is 0 Å². The van der Waals surface area contributed by atoms with E-state index >= 15 is 0 Å². The first-order valence-corrected chi connectivity index (χ1v) is 5.74. The van der Waals surface area contributed by atoms with E-state index in [9.17, 15) is 0 Å². The van der Waals surface area contributed by atoms with E-state index in [0.717, 1.165) is 17.8 Å². The fraction of sp³-hybridized carbons (Fsp3) is 0.467. The summed E-state index contributed by atoms with van der Waals surface area (Å²) in [4.78, 5) is 4.11. The predicted molar refractivity (Wildman–Crippen MR) is 69.3 cm³/mol. The van der Waals surface area contributed by atoms with Gasteiger partial charge in [-0.25, -0.2) is 11.6 Å². The van der Waals surface area contributed by atoms with Crippen molar-refractivity contribution in [2.75, 3.05) is 0 Å². The van der Waals surface area contributed by atoms with Crippen LogP contribution < -0.4 is 0 Å². The summed E-state index contributed by atoms with van der Waals surface area (Å²) < 4.78 is 0. The van der Waals surface area contributed by atoms with Crippen LogP contribution in [0.5, 0.6) is 0 Å². The van der Waals surface area contributed by atoms with E-state index in [1.807, 2.05) is 26.0 Å². The minimum atomic E-state index is 0. The molecule has 1 aliphatic carbocycles. The smallest absolute Gasteiger partial charge is 0.397 e. The van der Waals surface area contributed by atoms with Crippen molar-refractivity contribution in [3.05, 3.63) is 47.3 Å². The molecule has 0 spiro atoms. The average Bonchev–Trinajstić information content (AvgIpc) is 2.76. The molecule has 0 aromatic carbocycles. The van der Waals surface area contributed by atoms with Gasteiger partial charge in [-0.15, -0.1) is 12.1 Å². The van der Waals surface area contributed by atoms with Gasteiger partial charge in [0.2, 0.25) is 0 Å². The SMILES string of the molecule is CC(C)(C)C1=[C-]CC=C1.Cc1cc[c-](C)n1.[Ru+2]. The van der Waals surface area contributed by atoms with Crippen LogP contribution in [0.15, 0.2) is 29.9 Å². The number of allylic oxidation sites excluding steroid dienone is 4. The number of rotatable bonds is 0. The van der Waals surface area contributed by atoms with Gasteiger partial charge in [-0.1, -0.05) is 40.3 Å². The third kappa shape index (κ3) is 6.03. The van der Waals surface area contributed by atoms with Crippen LogP contribution in [0.25, 0.3) is 0 Å². The fourth-order valence-corrected chi connectivity index (χ4v) is 1.51. The summed E-state index contributed by atoms with van der Waals surface area (Å²) in [6.07, 6.45) is 8.63. The van der Waals surface area contributed by atoms with Gasteiger partial charge in [-0.05, 0) is 5.41 Å². The average molecular weight is 316 g/mol. The van der Waals surface area contributed by atoms with Crippen LogP contribution in [-0.4, -0.2) is 4.98 Å². The van der Waals surface area contributed by atoms with Crippen LogP contribution in [0.2, 0.25) is 0 Å². The third-order valence-corrected chi connectivity index (χ3v) is 2.42. The molecule has 0 unspecified atom stereocenters. The van der Waals surface area contributed by atoms with E-state index in [1.54, 1.807) is 0 Å². The Morgan fingerprint density at radius 1 is 1.35 bits per heavy atom.